The van der Waals surface area contributed by atoms with Crippen molar-refractivity contribution < 1.29 is 13.9 Å². The second kappa shape index (κ2) is 5.89. The number of hydrogen-bond acceptors (Lipinski definition) is 3. The maximum atomic E-state index is 11.7. The van der Waals surface area contributed by atoms with Crippen molar-refractivity contribution in [3.8, 4) is 0 Å². The van der Waals surface area contributed by atoms with Gasteiger partial charge in [0.15, 0.2) is 0 Å². The van der Waals surface area contributed by atoms with E-state index in [0.29, 0.717) is 18.2 Å². The first kappa shape index (κ1) is 12.9. The van der Waals surface area contributed by atoms with Gasteiger partial charge in [0.2, 0.25) is 5.91 Å². The summed E-state index contributed by atoms with van der Waals surface area (Å²) in [4.78, 5) is 11.7. The van der Waals surface area contributed by atoms with Crippen LogP contribution in [0.5, 0.6) is 0 Å². The number of nitrogens with one attached hydrogen (secondary N) is 1. The number of carbonyl (C=O) groups excluding carboxylic acids is 1. The van der Waals surface area contributed by atoms with E-state index < -0.39 is 0 Å². The average molecular weight is 268 g/mol. The normalized spacial score (nSPS) is 10.8. The number of benzene rings is 1. The third-order valence-electron chi connectivity index (χ3n) is 2.60. The molecule has 0 aliphatic heterocycles. The molecule has 2 rings (SSSR count). The van der Waals surface area contributed by atoms with Crippen molar-refractivity contribution in [3.63, 3.8) is 0 Å². The molecular weight excluding hydrogens is 254 g/mol. The van der Waals surface area contributed by atoms with Gasteiger partial charge in [-0.2, -0.15) is 0 Å². The Morgan fingerprint density at radius 1 is 1.50 bits per heavy atom. The molecule has 1 N–H and O–H groups in total. The average Bonchev–Trinajstić information content (AvgIpc) is 2.72. The molecular formula is C13H14ClNO3. The number of carbonyl (C=O) groups is 1. The number of furan rings is 1. The molecule has 4 nitrogen and oxygen atoms in total. The second-order valence-corrected chi connectivity index (χ2v) is 4.36. The maximum Gasteiger partial charge on any atom is 0.224 e. The highest BCUT2D eigenvalue weighted by atomic mass is 35.5. The SMILES string of the molecule is COCCNC(=O)Cc1coc2ccc(Cl)cc12. The molecule has 0 saturated heterocycles. The molecule has 0 bridgehead atoms. The van der Waals surface area contributed by atoms with Crippen LogP contribution >= 0.6 is 11.6 Å². The predicted molar refractivity (Wildman–Crippen MR) is 69.8 cm³/mol. The monoisotopic (exact) mass is 267 g/mol. The Hall–Kier alpha value is -1.52. The van der Waals surface area contributed by atoms with Gasteiger partial charge in [-0.15, -0.1) is 0 Å². The van der Waals surface area contributed by atoms with Crippen LogP contribution in [0, 0.1) is 0 Å². The lowest BCUT2D eigenvalue weighted by Crippen LogP contribution is -2.28. The maximum absolute atomic E-state index is 11.7. The van der Waals surface area contributed by atoms with Gasteiger partial charge in [-0.25, -0.2) is 0 Å². The first-order chi connectivity index (χ1) is 8.70. The van der Waals surface area contributed by atoms with Gasteiger partial charge in [-0.3, -0.25) is 4.79 Å². The smallest absolute Gasteiger partial charge is 0.224 e. The summed E-state index contributed by atoms with van der Waals surface area (Å²) in [6, 6.07) is 5.36. The fourth-order valence-electron chi connectivity index (χ4n) is 1.72. The Balaban J connectivity index is 2.07. The van der Waals surface area contributed by atoms with Gasteiger partial charge in [0.05, 0.1) is 19.3 Å². The highest BCUT2D eigenvalue weighted by Crippen LogP contribution is 2.24. The quantitative estimate of drug-likeness (QED) is 0.847. The van der Waals surface area contributed by atoms with E-state index in [9.17, 15) is 4.79 Å². The molecule has 0 saturated carbocycles. The van der Waals surface area contributed by atoms with E-state index in [1.54, 1.807) is 31.6 Å². The number of fused-ring (bicyclic) bond motifs is 1. The van der Waals surface area contributed by atoms with Crippen LogP contribution in [-0.4, -0.2) is 26.2 Å². The van der Waals surface area contributed by atoms with Gasteiger partial charge in [-0.1, -0.05) is 11.6 Å². The van der Waals surface area contributed by atoms with Crippen molar-refractivity contribution in [1.29, 1.82) is 0 Å². The summed E-state index contributed by atoms with van der Waals surface area (Å²) in [7, 11) is 1.59. The third-order valence-corrected chi connectivity index (χ3v) is 2.83. The van der Waals surface area contributed by atoms with Crippen LogP contribution in [0.3, 0.4) is 0 Å². The van der Waals surface area contributed by atoms with Crippen molar-refractivity contribution in [2.45, 2.75) is 6.42 Å². The number of ether oxygens (including phenoxy) is 1. The van der Waals surface area contributed by atoms with Gasteiger partial charge in [0.25, 0.3) is 0 Å². The highest BCUT2D eigenvalue weighted by molar-refractivity contribution is 6.31. The lowest BCUT2D eigenvalue weighted by molar-refractivity contribution is -0.120. The van der Waals surface area contributed by atoms with Crippen molar-refractivity contribution in [1.82, 2.24) is 5.32 Å². The number of rotatable bonds is 5. The van der Waals surface area contributed by atoms with Crippen LogP contribution in [0.2, 0.25) is 5.02 Å². The number of hydrogen-bond donors (Lipinski definition) is 1. The highest BCUT2D eigenvalue weighted by Gasteiger charge is 2.10. The van der Waals surface area contributed by atoms with E-state index in [-0.39, 0.29) is 12.3 Å². The largest absolute Gasteiger partial charge is 0.464 e. The Morgan fingerprint density at radius 2 is 2.33 bits per heavy atom. The third kappa shape index (κ3) is 3.03. The molecule has 0 unspecified atom stereocenters. The van der Waals surface area contributed by atoms with Crippen molar-refractivity contribution in [2.24, 2.45) is 0 Å². The molecule has 1 heterocycles. The molecule has 2 aromatic rings. The molecule has 0 fully saturated rings. The molecule has 96 valence electrons. The summed E-state index contributed by atoms with van der Waals surface area (Å²) in [6.45, 7) is 1.01. The first-order valence-electron chi connectivity index (χ1n) is 5.62. The standard InChI is InChI=1S/C13H14ClNO3/c1-17-5-4-15-13(16)6-9-8-18-12-3-2-10(14)7-11(9)12/h2-3,7-8H,4-6H2,1H3,(H,15,16). The lowest BCUT2D eigenvalue weighted by Gasteiger charge is -2.03. The van der Waals surface area contributed by atoms with Gasteiger partial charge in [-0.05, 0) is 18.2 Å². The molecule has 1 aromatic carbocycles. The van der Waals surface area contributed by atoms with Crippen LogP contribution in [0.4, 0.5) is 0 Å². The molecule has 0 radical (unpaired) electrons. The minimum Gasteiger partial charge on any atom is -0.464 e. The second-order valence-electron chi connectivity index (χ2n) is 3.92. The molecule has 1 amide bonds. The number of methoxy groups -OCH3 is 1. The molecule has 0 spiro atoms. The zero-order valence-corrected chi connectivity index (χ0v) is 10.8. The van der Waals surface area contributed by atoms with E-state index in [1.165, 1.54) is 0 Å². The van der Waals surface area contributed by atoms with Crippen LogP contribution in [0.25, 0.3) is 11.0 Å². The summed E-state index contributed by atoms with van der Waals surface area (Å²) in [5.74, 6) is -0.0604. The minimum absolute atomic E-state index is 0.0604. The summed E-state index contributed by atoms with van der Waals surface area (Å²) < 4.78 is 10.2. The summed E-state index contributed by atoms with van der Waals surface area (Å²) in [5.41, 5.74) is 1.57. The van der Waals surface area contributed by atoms with E-state index in [4.69, 9.17) is 20.8 Å². The van der Waals surface area contributed by atoms with E-state index in [0.717, 1.165) is 16.5 Å². The van der Waals surface area contributed by atoms with Crippen LogP contribution in [-0.2, 0) is 16.0 Å². The molecule has 18 heavy (non-hydrogen) atoms. The Morgan fingerprint density at radius 3 is 3.11 bits per heavy atom. The van der Waals surface area contributed by atoms with Crippen LogP contribution in [0.1, 0.15) is 5.56 Å². The fraction of sp³-hybridized carbons (Fsp3) is 0.308. The van der Waals surface area contributed by atoms with E-state index in [1.807, 2.05) is 0 Å². The van der Waals surface area contributed by atoms with Gasteiger partial charge >= 0.3 is 0 Å². The molecule has 0 atom stereocenters. The van der Waals surface area contributed by atoms with Crippen LogP contribution < -0.4 is 5.32 Å². The summed E-state index contributed by atoms with van der Waals surface area (Å²) in [5, 5.41) is 4.27. The van der Waals surface area contributed by atoms with Crippen molar-refractivity contribution >= 4 is 28.5 Å². The van der Waals surface area contributed by atoms with Crippen LogP contribution in [0.15, 0.2) is 28.9 Å². The topological polar surface area (TPSA) is 51.5 Å². The zero-order chi connectivity index (χ0) is 13.0. The van der Waals surface area contributed by atoms with E-state index >= 15 is 0 Å². The molecule has 1 aromatic heterocycles. The number of halogens is 1. The Kier molecular flexibility index (Phi) is 4.23. The Bertz CT molecular complexity index is 550. The molecule has 0 aliphatic carbocycles. The minimum atomic E-state index is -0.0604. The predicted octanol–water partition coefficient (Wildman–Crippen LogP) is 2.39. The molecule has 0 aliphatic rings. The molecule has 5 heteroatoms. The Labute approximate surface area is 110 Å². The van der Waals surface area contributed by atoms with Gasteiger partial charge < -0.3 is 14.5 Å². The van der Waals surface area contributed by atoms with Gasteiger partial charge in [0.1, 0.15) is 5.58 Å². The fourth-order valence-corrected chi connectivity index (χ4v) is 1.89. The zero-order valence-electron chi connectivity index (χ0n) is 10.0. The van der Waals surface area contributed by atoms with Crippen molar-refractivity contribution in [3.05, 3.63) is 35.0 Å². The van der Waals surface area contributed by atoms with Crippen molar-refractivity contribution in [2.75, 3.05) is 20.3 Å². The number of amides is 1. The first-order valence-corrected chi connectivity index (χ1v) is 6.00. The van der Waals surface area contributed by atoms with Gasteiger partial charge in [0, 0.05) is 29.6 Å². The summed E-state index contributed by atoms with van der Waals surface area (Å²) >= 11 is 5.93. The lowest BCUT2D eigenvalue weighted by atomic mass is 10.1. The van der Waals surface area contributed by atoms with E-state index in [2.05, 4.69) is 5.32 Å². The summed E-state index contributed by atoms with van der Waals surface area (Å²) in [6.07, 6.45) is 1.87.